The molecular formula is C18H24N2. The second kappa shape index (κ2) is 6.00. The Morgan fingerprint density at radius 3 is 2.25 bits per heavy atom. The van der Waals surface area contributed by atoms with Crippen molar-refractivity contribution in [2.45, 2.75) is 33.2 Å². The number of rotatable bonds is 4. The van der Waals surface area contributed by atoms with E-state index in [1.807, 2.05) is 6.07 Å². The Bertz CT molecular complexity index is 570. The highest BCUT2D eigenvalue weighted by Gasteiger charge is 2.06. The molecule has 2 heteroatoms. The molecule has 2 aromatic carbocycles. The van der Waals surface area contributed by atoms with Gasteiger partial charge in [0.25, 0.3) is 0 Å². The van der Waals surface area contributed by atoms with Gasteiger partial charge in [0.15, 0.2) is 0 Å². The van der Waals surface area contributed by atoms with Gasteiger partial charge in [0, 0.05) is 13.6 Å². The van der Waals surface area contributed by atoms with Gasteiger partial charge < -0.3 is 10.6 Å². The van der Waals surface area contributed by atoms with Crippen LogP contribution >= 0.6 is 0 Å². The van der Waals surface area contributed by atoms with Gasteiger partial charge in [-0.25, -0.2) is 0 Å². The van der Waals surface area contributed by atoms with Gasteiger partial charge in [-0.05, 0) is 41.7 Å². The fourth-order valence-corrected chi connectivity index (χ4v) is 2.39. The third kappa shape index (κ3) is 3.32. The van der Waals surface area contributed by atoms with Crippen LogP contribution in [0.4, 0.5) is 11.4 Å². The summed E-state index contributed by atoms with van der Waals surface area (Å²) >= 11 is 0. The third-order valence-electron chi connectivity index (χ3n) is 3.66. The van der Waals surface area contributed by atoms with E-state index in [0.29, 0.717) is 5.92 Å². The van der Waals surface area contributed by atoms with E-state index in [-0.39, 0.29) is 0 Å². The van der Waals surface area contributed by atoms with Crippen LogP contribution in [0.5, 0.6) is 0 Å². The first-order valence-corrected chi connectivity index (χ1v) is 7.13. The molecule has 0 radical (unpaired) electrons. The van der Waals surface area contributed by atoms with Crippen molar-refractivity contribution in [1.29, 1.82) is 0 Å². The molecule has 2 N–H and O–H groups in total. The zero-order chi connectivity index (χ0) is 14.7. The van der Waals surface area contributed by atoms with E-state index in [4.69, 9.17) is 5.73 Å². The van der Waals surface area contributed by atoms with Crippen molar-refractivity contribution < 1.29 is 0 Å². The Kier molecular flexibility index (Phi) is 4.33. The predicted molar refractivity (Wildman–Crippen MR) is 88.2 cm³/mol. The maximum Gasteiger partial charge on any atom is 0.0600 e. The Hall–Kier alpha value is -1.96. The van der Waals surface area contributed by atoms with Crippen LogP contribution in [-0.2, 0) is 6.54 Å². The van der Waals surface area contributed by atoms with E-state index in [0.717, 1.165) is 17.9 Å². The van der Waals surface area contributed by atoms with Gasteiger partial charge in [-0.1, -0.05) is 44.2 Å². The van der Waals surface area contributed by atoms with Crippen molar-refractivity contribution in [3.63, 3.8) is 0 Å². The van der Waals surface area contributed by atoms with Crippen LogP contribution < -0.4 is 10.6 Å². The van der Waals surface area contributed by atoms with Gasteiger partial charge >= 0.3 is 0 Å². The largest absolute Gasteiger partial charge is 0.397 e. The number of aryl methyl sites for hydroxylation is 1. The van der Waals surface area contributed by atoms with E-state index >= 15 is 0 Å². The fraction of sp³-hybridized carbons (Fsp3) is 0.333. The molecule has 0 heterocycles. The van der Waals surface area contributed by atoms with Crippen LogP contribution in [-0.4, -0.2) is 7.05 Å². The number of anilines is 2. The SMILES string of the molecule is Cc1ccc(N(C)Cc2ccc(C(C)C)cc2)c(N)c1. The molecule has 0 saturated carbocycles. The van der Waals surface area contributed by atoms with Crippen molar-refractivity contribution in [3.8, 4) is 0 Å². The number of benzene rings is 2. The second-order valence-electron chi connectivity index (χ2n) is 5.81. The molecule has 2 aromatic rings. The molecule has 0 fully saturated rings. The van der Waals surface area contributed by atoms with Crippen LogP contribution in [0.25, 0.3) is 0 Å². The summed E-state index contributed by atoms with van der Waals surface area (Å²) in [5.41, 5.74) is 11.9. The normalized spacial score (nSPS) is 10.8. The van der Waals surface area contributed by atoms with Crippen LogP contribution in [0.1, 0.15) is 36.5 Å². The Morgan fingerprint density at radius 1 is 1.05 bits per heavy atom. The molecule has 0 bridgehead atoms. The van der Waals surface area contributed by atoms with E-state index in [1.165, 1.54) is 16.7 Å². The van der Waals surface area contributed by atoms with Crippen LogP contribution in [0, 0.1) is 6.92 Å². The second-order valence-corrected chi connectivity index (χ2v) is 5.81. The maximum absolute atomic E-state index is 6.10. The van der Waals surface area contributed by atoms with E-state index in [2.05, 4.69) is 69.1 Å². The minimum atomic E-state index is 0.578. The number of nitrogens with two attached hydrogens (primary N) is 1. The maximum atomic E-state index is 6.10. The van der Waals surface area contributed by atoms with Crippen molar-refractivity contribution in [2.75, 3.05) is 17.7 Å². The van der Waals surface area contributed by atoms with Gasteiger partial charge in [-0.3, -0.25) is 0 Å². The fourth-order valence-electron chi connectivity index (χ4n) is 2.39. The molecular weight excluding hydrogens is 244 g/mol. The van der Waals surface area contributed by atoms with E-state index in [9.17, 15) is 0 Å². The molecule has 0 aliphatic carbocycles. The lowest BCUT2D eigenvalue weighted by molar-refractivity contribution is 0.861. The number of hydrogen-bond donors (Lipinski definition) is 1. The average molecular weight is 268 g/mol. The predicted octanol–water partition coefficient (Wildman–Crippen LogP) is 4.34. The summed E-state index contributed by atoms with van der Waals surface area (Å²) in [6.07, 6.45) is 0. The third-order valence-corrected chi connectivity index (χ3v) is 3.66. The lowest BCUT2D eigenvalue weighted by Gasteiger charge is -2.22. The summed E-state index contributed by atoms with van der Waals surface area (Å²) < 4.78 is 0. The van der Waals surface area contributed by atoms with Crippen molar-refractivity contribution in [2.24, 2.45) is 0 Å². The Labute approximate surface area is 122 Å². The summed E-state index contributed by atoms with van der Waals surface area (Å²) in [4.78, 5) is 2.19. The molecule has 0 aliphatic heterocycles. The Balaban J connectivity index is 2.12. The molecule has 2 nitrogen and oxygen atoms in total. The van der Waals surface area contributed by atoms with Crippen molar-refractivity contribution >= 4 is 11.4 Å². The standard InChI is InChI=1S/C18H24N2/c1-13(2)16-8-6-15(7-9-16)12-20(4)18-10-5-14(3)11-17(18)19/h5-11,13H,12,19H2,1-4H3. The van der Waals surface area contributed by atoms with Crippen molar-refractivity contribution in [3.05, 3.63) is 59.2 Å². The van der Waals surface area contributed by atoms with Gasteiger partial charge in [0.05, 0.1) is 11.4 Å². The lowest BCUT2D eigenvalue weighted by Crippen LogP contribution is -2.17. The summed E-state index contributed by atoms with van der Waals surface area (Å²) in [7, 11) is 2.08. The summed E-state index contributed by atoms with van der Waals surface area (Å²) in [6, 6.07) is 15.1. The quantitative estimate of drug-likeness (QED) is 0.836. The monoisotopic (exact) mass is 268 g/mol. The lowest BCUT2D eigenvalue weighted by atomic mass is 10.0. The smallest absolute Gasteiger partial charge is 0.0600 e. The molecule has 0 unspecified atom stereocenters. The minimum Gasteiger partial charge on any atom is -0.397 e. The highest BCUT2D eigenvalue weighted by molar-refractivity contribution is 5.68. The molecule has 0 saturated heterocycles. The zero-order valence-electron chi connectivity index (χ0n) is 12.9. The number of nitrogens with zero attached hydrogens (tertiary/aromatic N) is 1. The topological polar surface area (TPSA) is 29.3 Å². The first kappa shape index (κ1) is 14.4. The van der Waals surface area contributed by atoms with Gasteiger partial charge in [-0.15, -0.1) is 0 Å². The molecule has 0 atom stereocenters. The van der Waals surface area contributed by atoms with E-state index < -0.39 is 0 Å². The minimum absolute atomic E-state index is 0.578. The molecule has 20 heavy (non-hydrogen) atoms. The van der Waals surface area contributed by atoms with E-state index in [1.54, 1.807) is 0 Å². The summed E-state index contributed by atoms with van der Waals surface area (Å²) in [5, 5.41) is 0. The zero-order valence-corrected chi connectivity index (χ0v) is 12.9. The summed E-state index contributed by atoms with van der Waals surface area (Å²) in [5.74, 6) is 0.578. The molecule has 0 spiro atoms. The summed E-state index contributed by atoms with van der Waals surface area (Å²) in [6.45, 7) is 7.36. The van der Waals surface area contributed by atoms with Gasteiger partial charge in [0.2, 0.25) is 0 Å². The number of hydrogen-bond acceptors (Lipinski definition) is 2. The molecule has 2 rings (SSSR count). The molecule has 0 amide bonds. The first-order chi connectivity index (χ1) is 9.47. The molecule has 106 valence electrons. The molecule has 0 aliphatic rings. The van der Waals surface area contributed by atoms with Gasteiger partial charge in [0.1, 0.15) is 0 Å². The van der Waals surface area contributed by atoms with Crippen molar-refractivity contribution in [1.82, 2.24) is 0 Å². The highest BCUT2D eigenvalue weighted by atomic mass is 15.1. The van der Waals surface area contributed by atoms with Crippen LogP contribution in [0.15, 0.2) is 42.5 Å². The number of nitrogen functional groups attached to an aromatic ring is 1. The average Bonchev–Trinajstić information content (AvgIpc) is 2.39. The first-order valence-electron chi connectivity index (χ1n) is 7.13. The Morgan fingerprint density at radius 2 is 1.70 bits per heavy atom. The van der Waals surface area contributed by atoms with Crippen LogP contribution in [0.3, 0.4) is 0 Å². The van der Waals surface area contributed by atoms with Gasteiger partial charge in [-0.2, -0.15) is 0 Å². The highest BCUT2D eigenvalue weighted by Crippen LogP contribution is 2.25. The van der Waals surface area contributed by atoms with Crippen LogP contribution in [0.2, 0.25) is 0 Å². The molecule has 0 aromatic heterocycles.